The van der Waals surface area contributed by atoms with Gasteiger partial charge in [-0.25, -0.2) is 0 Å². The van der Waals surface area contributed by atoms with E-state index in [9.17, 15) is 0 Å². The van der Waals surface area contributed by atoms with Crippen LogP contribution in [-0.4, -0.2) is 18.3 Å². The molecule has 25 heavy (non-hydrogen) atoms. The van der Waals surface area contributed by atoms with Crippen molar-refractivity contribution in [3.05, 3.63) is 17.0 Å². The first-order valence-electron chi connectivity index (χ1n) is 10.3. The van der Waals surface area contributed by atoms with Gasteiger partial charge in [-0.15, -0.1) is 11.3 Å². The highest BCUT2D eigenvalue weighted by molar-refractivity contribution is 7.22. The predicted octanol–water partition coefficient (Wildman–Crippen LogP) is 6.12. The van der Waals surface area contributed by atoms with Gasteiger partial charge in [0.2, 0.25) is 0 Å². The van der Waals surface area contributed by atoms with Crippen molar-refractivity contribution in [1.29, 1.82) is 0 Å². The second-order valence-corrected chi connectivity index (χ2v) is 9.67. The Balaban J connectivity index is 1.64. The van der Waals surface area contributed by atoms with E-state index in [1.165, 1.54) is 73.9 Å². The summed E-state index contributed by atoms with van der Waals surface area (Å²) in [6.45, 7) is 10.7. The Morgan fingerprint density at radius 3 is 1.88 bits per heavy atom. The molecule has 2 nitrogen and oxygen atoms in total. The van der Waals surface area contributed by atoms with Crippen LogP contribution in [-0.2, 0) is 15.7 Å². The zero-order valence-corrected chi connectivity index (χ0v) is 17.8. The van der Waals surface area contributed by atoms with Crippen molar-refractivity contribution < 1.29 is 9.31 Å². The first kappa shape index (κ1) is 21.0. The van der Waals surface area contributed by atoms with Crippen molar-refractivity contribution in [1.82, 2.24) is 0 Å². The van der Waals surface area contributed by atoms with E-state index in [4.69, 9.17) is 9.31 Å². The third kappa shape index (κ3) is 6.11. The molecular weight excluding hydrogens is 327 g/mol. The van der Waals surface area contributed by atoms with Crippen LogP contribution in [0.5, 0.6) is 0 Å². The molecule has 0 bridgehead atoms. The normalized spacial score (nSPS) is 18.8. The summed E-state index contributed by atoms with van der Waals surface area (Å²) < 4.78 is 13.5. The molecule has 1 aromatic heterocycles. The Bertz CT molecular complexity index is 494. The third-order valence-corrected chi connectivity index (χ3v) is 6.86. The second-order valence-electron chi connectivity index (χ2n) is 8.47. The van der Waals surface area contributed by atoms with E-state index in [2.05, 4.69) is 46.8 Å². The van der Waals surface area contributed by atoms with Crippen LogP contribution in [0, 0.1) is 0 Å². The quantitative estimate of drug-likeness (QED) is 0.348. The molecule has 1 saturated heterocycles. The molecule has 1 aliphatic heterocycles. The van der Waals surface area contributed by atoms with Gasteiger partial charge in [0.15, 0.2) is 0 Å². The SMILES string of the molecule is CCCCCCCCCCCc1ccc(B2OC(C)(C)C(C)(C)O2)s1. The Labute approximate surface area is 159 Å². The van der Waals surface area contributed by atoms with Gasteiger partial charge in [0.25, 0.3) is 0 Å². The van der Waals surface area contributed by atoms with Crippen LogP contribution >= 0.6 is 11.3 Å². The zero-order valence-electron chi connectivity index (χ0n) is 17.0. The summed E-state index contributed by atoms with van der Waals surface area (Å²) in [5.41, 5.74) is -0.502. The number of hydrogen-bond donors (Lipinski definition) is 0. The lowest BCUT2D eigenvalue weighted by Gasteiger charge is -2.32. The molecule has 2 heterocycles. The average molecular weight is 364 g/mol. The van der Waals surface area contributed by atoms with Gasteiger partial charge in [0.05, 0.1) is 11.2 Å². The van der Waals surface area contributed by atoms with Gasteiger partial charge >= 0.3 is 7.12 Å². The first-order chi connectivity index (χ1) is 11.9. The lowest BCUT2D eigenvalue weighted by Crippen LogP contribution is -2.41. The fourth-order valence-electron chi connectivity index (χ4n) is 3.22. The van der Waals surface area contributed by atoms with Crippen LogP contribution in [0.3, 0.4) is 0 Å². The summed E-state index contributed by atoms with van der Waals surface area (Å²) in [7, 11) is -0.202. The number of aryl methyl sites for hydroxylation is 1. The summed E-state index contributed by atoms with van der Waals surface area (Å²) in [6, 6.07) is 4.45. The van der Waals surface area contributed by atoms with Crippen LogP contribution in [0.15, 0.2) is 12.1 Å². The fourth-order valence-corrected chi connectivity index (χ4v) is 4.24. The molecule has 0 atom stereocenters. The van der Waals surface area contributed by atoms with Gasteiger partial charge in [-0.1, -0.05) is 64.4 Å². The van der Waals surface area contributed by atoms with Crippen molar-refractivity contribution in [2.24, 2.45) is 0 Å². The minimum absolute atomic E-state index is 0.202. The maximum Gasteiger partial charge on any atom is 0.505 e. The lowest BCUT2D eigenvalue weighted by molar-refractivity contribution is 0.00578. The van der Waals surface area contributed by atoms with E-state index in [-0.39, 0.29) is 18.3 Å². The fraction of sp³-hybridized carbons (Fsp3) is 0.810. The smallest absolute Gasteiger partial charge is 0.399 e. The Morgan fingerprint density at radius 2 is 1.32 bits per heavy atom. The maximum absolute atomic E-state index is 6.15. The third-order valence-electron chi connectivity index (χ3n) is 5.69. The average Bonchev–Trinajstić information content (AvgIpc) is 3.08. The van der Waals surface area contributed by atoms with E-state index in [0.717, 1.165) is 0 Å². The number of rotatable bonds is 11. The lowest BCUT2D eigenvalue weighted by atomic mass is 9.88. The van der Waals surface area contributed by atoms with E-state index < -0.39 is 0 Å². The Morgan fingerprint density at radius 1 is 0.800 bits per heavy atom. The summed E-state index contributed by atoms with van der Waals surface area (Å²) in [4.78, 5) is 1.47. The van der Waals surface area contributed by atoms with Crippen molar-refractivity contribution in [3.8, 4) is 0 Å². The molecule has 0 radical (unpaired) electrons. The molecule has 0 amide bonds. The standard InChI is InChI=1S/C21H37BO2S/c1-6-7-8-9-10-11-12-13-14-15-18-16-17-19(25-18)22-23-20(2,3)21(4,5)24-22/h16-17H,6-15H2,1-5H3. The van der Waals surface area contributed by atoms with Gasteiger partial charge in [-0.2, -0.15) is 0 Å². The van der Waals surface area contributed by atoms with Gasteiger partial charge < -0.3 is 9.31 Å². The topological polar surface area (TPSA) is 18.5 Å². The predicted molar refractivity (Wildman–Crippen MR) is 111 cm³/mol. The second kappa shape index (κ2) is 9.57. The van der Waals surface area contributed by atoms with Gasteiger partial charge in [0, 0.05) is 9.65 Å². The maximum atomic E-state index is 6.15. The molecule has 0 unspecified atom stereocenters. The summed E-state index contributed by atoms with van der Waals surface area (Å²) in [6.07, 6.45) is 13.7. The highest BCUT2D eigenvalue weighted by atomic mass is 32.1. The molecule has 1 aliphatic rings. The molecule has 2 rings (SSSR count). The van der Waals surface area contributed by atoms with Crippen molar-refractivity contribution in [3.63, 3.8) is 0 Å². The number of hydrogen-bond acceptors (Lipinski definition) is 3. The molecular formula is C21H37BO2S. The van der Waals surface area contributed by atoms with Crippen molar-refractivity contribution >= 4 is 23.2 Å². The monoisotopic (exact) mass is 364 g/mol. The minimum Gasteiger partial charge on any atom is -0.399 e. The van der Waals surface area contributed by atoms with Gasteiger partial charge in [-0.05, 0) is 46.6 Å². The summed E-state index contributed by atoms with van der Waals surface area (Å²) in [5.74, 6) is 0. The Hall–Kier alpha value is -0.315. The molecule has 1 aromatic rings. The molecule has 0 spiro atoms. The van der Waals surface area contributed by atoms with Crippen molar-refractivity contribution in [2.45, 2.75) is 110 Å². The summed E-state index contributed by atoms with van der Waals surface area (Å²) in [5, 5.41) is 0. The van der Waals surface area contributed by atoms with Gasteiger partial charge in [-0.3, -0.25) is 0 Å². The van der Waals surface area contributed by atoms with Crippen LogP contribution in [0.25, 0.3) is 0 Å². The molecule has 0 saturated carbocycles. The molecule has 142 valence electrons. The molecule has 1 fully saturated rings. The van der Waals surface area contributed by atoms with E-state index in [1.54, 1.807) is 0 Å². The van der Waals surface area contributed by atoms with Crippen LogP contribution in [0.1, 0.15) is 97.3 Å². The highest BCUT2D eigenvalue weighted by Crippen LogP contribution is 2.37. The number of thiophene rings is 1. The summed E-state index contributed by atoms with van der Waals surface area (Å²) >= 11 is 1.86. The van der Waals surface area contributed by atoms with Gasteiger partial charge in [0.1, 0.15) is 0 Å². The van der Waals surface area contributed by atoms with Crippen LogP contribution < -0.4 is 4.78 Å². The largest absolute Gasteiger partial charge is 0.505 e. The highest BCUT2D eigenvalue weighted by Gasteiger charge is 2.52. The molecule has 4 heteroatoms. The van der Waals surface area contributed by atoms with E-state index in [0.29, 0.717) is 0 Å². The van der Waals surface area contributed by atoms with Crippen LogP contribution in [0.2, 0.25) is 0 Å². The first-order valence-corrected chi connectivity index (χ1v) is 11.1. The van der Waals surface area contributed by atoms with Crippen LogP contribution in [0.4, 0.5) is 0 Å². The van der Waals surface area contributed by atoms with Crippen molar-refractivity contribution in [2.75, 3.05) is 0 Å². The van der Waals surface area contributed by atoms with E-state index >= 15 is 0 Å². The Kier molecular flexibility index (Phi) is 8.04. The zero-order chi connectivity index (χ0) is 18.3. The molecule has 0 aromatic carbocycles. The molecule has 0 N–H and O–H groups in total. The minimum atomic E-state index is -0.251. The number of unbranched alkanes of at least 4 members (excludes halogenated alkanes) is 8. The van der Waals surface area contributed by atoms with E-state index in [1.807, 2.05) is 11.3 Å². The molecule has 0 aliphatic carbocycles.